The van der Waals surface area contributed by atoms with Gasteiger partial charge in [0.2, 0.25) is 0 Å². The summed E-state index contributed by atoms with van der Waals surface area (Å²) in [6, 6.07) is 1.62. The highest BCUT2D eigenvalue weighted by Gasteiger charge is 2.15. The van der Waals surface area contributed by atoms with E-state index in [1.807, 2.05) is 16.8 Å². The average molecular weight is 286 g/mol. The van der Waals surface area contributed by atoms with E-state index in [0.717, 1.165) is 12.0 Å². The number of carboxylic acid groups (broad SMARTS) is 1. The SMILES string of the molecule is COCCN(CC(=O)O)C(=O)NCCc1ccsc1. The predicted molar refractivity (Wildman–Crippen MR) is 72.5 cm³/mol. The van der Waals surface area contributed by atoms with Gasteiger partial charge in [0.15, 0.2) is 0 Å². The normalized spacial score (nSPS) is 10.2. The Hall–Kier alpha value is -1.60. The number of hydrogen-bond donors (Lipinski definition) is 2. The van der Waals surface area contributed by atoms with Gasteiger partial charge in [-0.15, -0.1) is 0 Å². The maximum Gasteiger partial charge on any atom is 0.323 e. The van der Waals surface area contributed by atoms with Crippen molar-refractivity contribution in [3.05, 3.63) is 22.4 Å². The lowest BCUT2D eigenvalue weighted by Crippen LogP contribution is -2.44. The number of hydrogen-bond acceptors (Lipinski definition) is 4. The van der Waals surface area contributed by atoms with Crippen molar-refractivity contribution in [1.82, 2.24) is 10.2 Å². The Labute approximate surface area is 116 Å². The van der Waals surface area contributed by atoms with Crippen LogP contribution in [-0.4, -0.2) is 55.4 Å². The fourth-order valence-corrected chi connectivity index (χ4v) is 2.18. The Morgan fingerprint density at radius 2 is 2.32 bits per heavy atom. The van der Waals surface area contributed by atoms with E-state index in [0.29, 0.717) is 13.2 Å². The van der Waals surface area contributed by atoms with Crippen molar-refractivity contribution in [2.45, 2.75) is 6.42 Å². The zero-order valence-electron chi connectivity index (χ0n) is 10.8. The fourth-order valence-electron chi connectivity index (χ4n) is 1.48. The van der Waals surface area contributed by atoms with Crippen molar-refractivity contribution in [3.63, 3.8) is 0 Å². The lowest BCUT2D eigenvalue weighted by atomic mass is 10.2. The van der Waals surface area contributed by atoms with Crippen molar-refractivity contribution in [1.29, 1.82) is 0 Å². The molecule has 0 saturated heterocycles. The van der Waals surface area contributed by atoms with Crippen molar-refractivity contribution in [3.8, 4) is 0 Å². The molecule has 0 spiro atoms. The lowest BCUT2D eigenvalue weighted by Gasteiger charge is -2.20. The molecule has 0 aliphatic heterocycles. The molecule has 0 aliphatic rings. The van der Waals surface area contributed by atoms with Gasteiger partial charge >= 0.3 is 12.0 Å². The van der Waals surface area contributed by atoms with Crippen molar-refractivity contribution >= 4 is 23.3 Å². The van der Waals surface area contributed by atoms with Crippen LogP contribution in [0.4, 0.5) is 4.79 Å². The van der Waals surface area contributed by atoms with Gasteiger partial charge in [0.25, 0.3) is 0 Å². The Bertz CT molecular complexity index is 394. The monoisotopic (exact) mass is 286 g/mol. The summed E-state index contributed by atoms with van der Waals surface area (Å²) >= 11 is 1.61. The number of nitrogens with one attached hydrogen (secondary N) is 1. The van der Waals surface area contributed by atoms with Crippen LogP contribution < -0.4 is 5.32 Å². The molecule has 1 aromatic rings. The number of thiophene rings is 1. The molecule has 0 atom stereocenters. The second-order valence-corrected chi connectivity index (χ2v) is 4.70. The Morgan fingerprint density at radius 1 is 1.53 bits per heavy atom. The van der Waals surface area contributed by atoms with Crippen molar-refractivity contribution < 1.29 is 19.4 Å². The van der Waals surface area contributed by atoms with Gasteiger partial charge in [-0.05, 0) is 28.8 Å². The highest BCUT2D eigenvalue weighted by molar-refractivity contribution is 7.07. The number of carboxylic acids is 1. The molecular formula is C12H18N2O4S. The molecule has 0 aromatic carbocycles. The topological polar surface area (TPSA) is 78.9 Å². The van der Waals surface area contributed by atoms with Crippen LogP contribution in [-0.2, 0) is 16.0 Å². The van der Waals surface area contributed by atoms with Crippen LogP contribution in [0.25, 0.3) is 0 Å². The molecule has 106 valence electrons. The van der Waals surface area contributed by atoms with Crippen LogP contribution in [0.15, 0.2) is 16.8 Å². The minimum Gasteiger partial charge on any atom is -0.480 e. The number of rotatable bonds is 8. The molecule has 2 amide bonds. The van der Waals surface area contributed by atoms with Gasteiger partial charge in [0.1, 0.15) is 6.54 Å². The van der Waals surface area contributed by atoms with Crippen LogP contribution in [0, 0.1) is 0 Å². The van der Waals surface area contributed by atoms with E-state index in [-0.39, 0.29) is 19.1 Å². The third-order valence-corrected chi connectivity index (χ3v) is 3.18. The van der Waals surface area contributed by atoms with Gasteiger partial charge in [-0.25, -0.2) is 4.79 Å². The first-order valence-electron chi connectivity index (χ1n) is 5.88. The number of nitrogens with zero attached hydrogens (tertiary/aromatic N) is 1. The molecule has 19 heavy (non-hydrogen) atoms. The van der Waals surface area contributed by atoms with E-state index in [1.54, 1.807) is 11.3 Å². The standard InChI is InChI=1S/C12H18N2O4S/c1-18-6-5-14(8-11(15)16)12(17)13-4-2-10-3-7-19-9-10/h3,7,9H,2,4-6,8H2,1H3,(H,13,17)(H,15,16). The zero-order valence-corrected chi connectivity index (χ0v) is 11.6. The smallest absolute Gasteiger partial charge is 0.323 e. The number of carbonyl (C=O) groups is 2. The van der Waals surface area contributed by atoms with Crippen LogP contribution in [0.5, 0.6) is 0 Å². The highest BCUT2D eigenvalue weighted by atomic mass is 32.1. The molecule has 0 aliphatic carbocycles. The quantitative estimate of drug-likeness (QED) is 0.748. The molecule has 1 rings (SSSR count). The first-order chi connectivity index (χ1) is 9.13. The number of ether oxygens (including phenoxy) is 1. The third kappa shape index (κ3) is 6.21. The van der Waals surface area contributed by atoms with E-state index in [1.165, 1.54) is 12.0 Å². The summed E-state index contributed by atoms with van der Waals surface area (Å²) in [6.45, 7) is 0.727. The van der Waals surface area contributed by atoms with Crippen molar-refractivity contribution in [2.75, 3.05) is 33.4 Å². The average Bonchev–Trinajstić information content (AvgIpc) is 2.87. The number of urea groups is 1. The first kappa shape index (κ1) is 15.5. The molecule has 1 heterocycles. The number of amides is 2. The molecule has 6 nitrogen and oxygen atoms in total. The van der Waals surface area contributed by atoms with Gasteiger partial charge in [0, 0.05) is 20.2 Å². The summed E-state index contributed by atoms with van der Waals surface area (Å²) in [5, 5.41) is 15.5. The summed E-state index contributed by atoms with van der Waals surface area (Å²) in [5.41, 5.74) is 1.16. The Morgan fingerprint density at radius 3 is 2.89 bits per heavy atom. The molecule has 2 N–H and O–H groups in total. The number of carbonyl (C=O) groups excluding carboxylic acids is 1. The molecule has 0 bridgehead atoms. The van der Waals surface area contributed by atoms with E-state index >= 15 is 0 Å². The highest BCUT2D eigenvalue weighted by Crippen LogP contribution is 2.05. The lowest BCUT2D eigenvalue weighted by molar-refractivity contribution is -0.137. The fraction of sp³-hybridized carbons (Fsp3) is 0.500. The first-order valence-corrected chi connectivity index (χ1v) is 6.82. The van der Waals surface area contributed by atoms with Gasteiger partial charge in [-0.2, -0.15) is 11.3 Å². The Balaban J connectivity index is 2.35. The largest absolute Gasteiger partial charge is 0.480 e. The maximum absolute atomic E-state index is 11.8. The second-order valence-electron chi connectivity index (χ2n) is 3.92. The Kier molecular flexibility index (Phi) is 6.91. The molecule has 0 radical (unpaired) electrons. The summed E-state index contributed by atoms with van der Waals surface area (Å²) < 4.78 is 4.85. The van der Waals surface area contributed by atoms with Gasteiger partial charge in [-0.3, -0.25) is 4.79 Å². The minimum absolute atomic E-state index is 0.257. The number of methoxy groups -OCH3 is 1. The molecule has 7 heteroatoms. The number of aliphatic carboxylic acids is 1. The molecule has 0 saturated carbocycles. The molecule has 0 unspecified atom stereocenters. The summed E-state index contributed by atoms with van der Waals surface area (Å²) in [5.74, 6) is -1.04. The van der Waals surface area contributed by atoms with Gasteiger partial charge in [-0.1, -0.05) is 0 Å². The van der Waals surface area contributed by atoms with E-state index in [9.17, 15) is 9.59 Å². The summed E-state index contributed by atoms with van der Waals surface area (Å²) in [4.78, 5) is 23.7. The maximum atomic E-state index is 11.8. The third-order valence-electron chi connectivity index (χ3n) is 2.45. The minimum atomic E-state index is -1.04. The second kappa shape index (κ2) is 8.49. The van der Waals surface area contributed by atoms with Crippen LogP contribution in [0.2, 0.25) is 0 Å². The zero-order chi connectivity index (χ0) is 14.1. The van der Waals surface area contributed by atoms with Gasteiger partial charge < -0.3 is 20.1 Å². The van der Waals surface area contributed by atoms with E-state index in [2.05, 4.69) is 5.32 Å². The molecule has 0 fully saturated rings. The van der Waals surface area contributed by atoms with Crippen LogP contribution in [0.1, 0.15) is 5.56 Å². The van der Waals surface area contributed by atoms with Gasteiger partial charge in [0.05, 0.1) is 6.61 Å². The van der Waals surface area contributed by atoms with Crippen LogP contribution in [0.3, 0.4) is 0 Å². The predicted octanol–water partition coefficient (Wildman–Crippen LogP) is 1.03. The van der Waals surface area contributed by atoms with E-state index in [4.69, 9.17) is 9.84 Å². The van der Waals surface area contributed by atoms with E-state index < -0.39 is 5.97 Å². The van der Waals surface area contributed by atoms with Crippen molar-refractivity contribution in [2.24, 2.45) is 0 Å². The molecular weight excluding hydrogens is 268 g/mol. The summed E-state index contributed by atoms with van der Waals surface area (Å²) in [6.07, 6.45) is 0.737. The summed E-state index contributed by atoms with van der Waals surface area (Å²) in [7, 11) is 1.51. The molecule has 1 aromatic heterocycles. The van der Waals surface area contributed by atoms with Crippen LogP contribution >= 0.6 is 11.3 Å².